The fourth-order valence-electron chi connectivity index (χ4n) is 7.32. The van der Waals surface area contributed by atoms with Gasteiger partial charge in [-0.2, -0.15) is 0 Å². The molecule has 4 saturated heterocycles. The first-order valence-electron chi connectivity index (χ1n) is 26.9. The maximum Gasteiger partial charge on any atom is 0.225 e. The van der Waals surface area contributed by atoms with Gasteiger partial charge in [0.1, 0.15) is 19.7 Å². The zero-order valence-corrected chi connectivity index (χ0v) is 106. The topological polar surface area (TPSA) is 99.1 Å². The van der Waals surface area contributed by atoms with Crippen LogP contribution in [-0.2, 0) is 546 Å². The van der Waals surface area contributed by atoms with E-state index in [1.165, 1.54) is 43.4 Å². The molecule has 4 fully saturated rings. The van der Waals surface area contributed by atoms with Gasteiger partial charge < -0.3 is 20.0 Å². The summed E-state index contributed by atoms with van der Waals surface area (Å²) < 4.78 is 0. The minimum Gasteiger partial charge on any atom is -0.353 e. The quantitative estimate of drug-likeness (QED) is 0.136. The molecule has 0 spiro atoms. The first-order valence-corrected chi connectivity index (χ1v) is 111. The predicted molar refractivity (Wildman–Crippen MR) is 669 cm³/mol. The van der Waals surface area contributed by atoms with Gasteiger partial charge >= 0.3 is 0 Å². The number of aromatic nitrogens is 6. The van der Waals surface area contributed by atoms with Crippen LogP contribution in [0.4, 0.5) is 17.6 Å². The van der Waals surface area contributed by atoms with E-state index >= 15 is 0 Å². The van der Waals surface area contributed by atoms with E-state index in [2.05, 4.69) is 99.1 Å². The van der Waals surface area contributed by atoms with Crippen LogP contribution >= 0.6 is 24.0 Å². The van der Waals surface area contributed by atoms with Crippen LogP contribution in [0.3, 0.4) is 0 Å². The Hall–Kier alpha value is 9.16. The smallest absolute Gasteiger partial charge is 0.225 e. The van der Waals surface area contributed by atoms with Crippen LogP contribution in [0.2, 0.25) is 24.9 Å². The summed E-state index contributed by atoms with van der Waals surface area (Å²) >= 11 is 15.0. The van der Waals surface area contributed by atoms with Gasteiger partial charge in [-0.3, -0.25) is 0 Å². The summed E-state index contributed by atoms with van der Waals surface area (Å²) in [6.07, 6.45) is 20.9. The molecule has 74 heteroatoms. The van der Waals surface area contributed by atoms with Crippen molar-refractivity contribution in [3.63, 3.8) is 0 Å². The van der Waals surface area contributed by atoms with Crippen LogP contribution in [0.15, 0.2) is 73.6 Å². The molecule has 4 bridgehead atoms. The number of nitrogens with zero attached hydrogens (tertiary/aromatic N) is 9. The monoisotopic (exact) mass is 2710 g/mol. The molecule has 113 heavy (non-hydrogen) atoms. The largest absolute Gasteiger partial charge is 0.353 e. The van der Waals surface area contributed by atoms with E-state index in [9.17, 15) is 0 Å². The lowest BCUT2D eigenvalue weighted by Gasteiger charge is -2.41. The van der Waals surface area contributed by atoms with Crippen molar-refractivity contribution < 1.29 is 0 Å². The van der Waals surface area contributed by atoms with Gasteiger partial charge in [-0.15, -0.1) is 24.4 Å². The third-order valence-corrected chi connectivity index (χ3v) is 140. The number of terminal acetylenes is 1. The van der Waals surface area contributed by atoms with Crippen molar-refractivity contribution in [2.45, 2.75) is 84.3 Å². The van der Waals surface area contributed by atoms with Gasteiger partial charge in [0.2, 0.25) is 11.2 Å². The van der Waals surface area contributed by atoms with Crippen molar-refractivity contribution in [1.82, 2.24) is 35.2 Å². The first-order chi connectivity index (χ1) is 54.1. The number of anilines is 3. The highest BCUT2D eigenvalue weighted by molar-refractivity contribution is 8.83. The summed E-state index contributed by atoms with van der Waals surface area (Å²) in [5.41, 5.74) is 5.25. The second-order valence-corrected chi connectivity index (χ2v) is 127. The van der Waals surface area contributed by atoms with Crippen LogP contribution in [0.1, 0.15) is 51.7 Å². The number of rotatable bonds is 3. The van der Waals surface area contributed by atoms with Crippen molar-refractivity contribution in [3.05, 3.63) is 90.0 Å². The minimum absolute atomic E-state index is 0. The molecule has 4 aliphatic rings. The van der Waals surface area contributed by atoms with Crippen molar-refractivity contribution in [2.75, 3.05) is 40.9 Å². The molecule has 0 aromatic carbocycles. The summed E-state index contributed by atoms with van der Waals surface area (Å²) in [6.45, 7) is 10.9. The van der Waals surface area contributed by atoms with Crippen LogP contribution in [0, 0.1) is 23.8 Å². The number of pyridine rings is 2. The van der Waals surface area contributed by atoms with Gasteiger partial charge in [0.15, 0.2) is 0 Å². The molecule has 4 atom stereocenters. The molecule has 8 rings (SSSR count). The molecular formula is C39H52Cl2N10S61Si. The Morgan fingerprint density at radius 1 is 0.372 bits per heavy atom. The zero-order valence-electron chi connectivity index (χ0n) is 53.7. The lowest BCUT2D eigenvalue weighted by Crippen LogP contribution is -2.54. The Balaban J connectivity index is 0.000000658. The molecule has 10 nitrogen and oxygen atoms in total. The van der Waals surface area contributed by atoms with E-state index in [4.69, 9.17) is 40.4 Å². The van der Waals surface area contributed by atoms with Gasteiger partial charge in [0, 0.05) is 645 Å². The molecule has 8 heterocycles. The van der Waals surface area contributed by atoms with Crippen LogP contribution < -0.4 is 20.0 Å². The second-order valence-electron chi connectivity index (χ2n) is 17.8. The Morgan fingerprint density at radius 2 is 0.628 bits per heavy atom. The Morgan fingerprint density at radius 3 is 0.858 bits per heavy atom. The van der Waals surface area contributed by atoms with Crippen molar-refractivity contribution in [3.8, 4) is 23.8 Å². The molecule has 0 amide bonds. The molecule has 642 valence electrons. The van der Waals surface area contributed by atoms with E-state index in [0.717, 1.165) is 54.9 Å². The lowest BCUT2D eigenvalue weighted by molar-refractivity contribution is 0.463. The van der Waals surface area contributed by atoms with Crippen molar-refractivity contribution in [1.29, 1.82) is 0 Å². The summed E-state index contributed by atoms with van der Waals surface area (Å²) in [7, 11) is 105. The van der Waals surface area contributed by atoms with Gasteiger partial charge in [-0.1, -0.05) is 46.3 Å². The number of fused-ring (bicyclic) bond motifs is 4. The Bertz CT molecular complexity index is 6700. The van der Waals surface area contributed by atoms with Gasteiger partial charge in [0.05, 0.1) is 0 Å². The van der Waals surface area contributed by atoms with E-state index in [1.807, 2.05) is 436 Å². The van der Waals surface area contributed by atoms with Crippen LogP contribution in [-0.4, -0.2) is 88.3 Å². The summed E-state index contributed by atoms with van der Waals surface area (Å²) in [5, 5.41) is 3.95. The predicted octanol–water partition coefficient (Wildman–Crippen LogP) is 6.64. The number of nitrogens with one attached hydrogen (secondary N) is 1. The van der Waals surface area contributed by atoms with E-state index < -0.39 is 8.07 Å². The SMILES string of the molecule is C.C.C#Cc1ccc(N2CC3CCC(C2)N3c2ncccn2)nc1.C[Si](C)(C)C#Cc1ccc(N2CC3CCC(C2)N3)nc1.Cl.Clc1ncccn1.S=S=S=S=S=S=S=S=S=S=S=S=S=S=S=S=S=S=S=S=S=S=S=S=S=S=S=S=S=S=S=S=S=S=S=S=S=S=S=S=S=S=S=S=S=S=S=S=S=S=S=S=S=S=S=S=S=S=S=S=S. The molecule has 4 aromatic heterocycles. The standard InChI is InChI=1S/C17H17N5.C16H23N3Si.C4H3ClN2.2CH4.ClH.S61/c1-2-13-4-7-16(20-10-13)21-11-14-5-6-15(12-21)22(14)17-18-8-3-9-19-17;1-20(2,3)9-8-13-4-7-16(17-10-13)19-11-14-5-6-15(12-19)18-14;5-4-6-2-1-3-7-4;;;;1-3-5-7-9-11-13-15-17-19-21-23-25-27-29-31-33-35-37-39-41-43-45-47-49-51-53-55-57-59-61-60-58-56-54-52-50-48-46-44-42-40-38-36-34-32-30-28-26-24-22-20-18-16-14-12-10-8-6-4-2/h1,3-4,7-10,14-15H,5-6,11-12H2;4,7,10,14-15,18H,5-6,11-12H2,1-3H3;1-3H;2*1H4;1H;. The third kappa shape index (κ3) is 66.2. The molecule has 1 N–H and O–H groups in total. The van der Waals surface area contributed by atoms with Crippen molar-refractivity contribution >= 4 is 596 Å². The maximum absolute atomic E-state index is 5.39. The van der Waals surface area contributed by atoms with Gasteiger partial charge in [0.25, 0.3) is 0 Å². The lowest BCUT2D eigenvalue weighted by atomic mass is 10.2. The Labute approximate surface area is 850 Å². The fraction of sp³-hybridized carbons (Fsp3) is 0.436. The van der Waals surface area contributed by atoms with Crippen molar-refractivity contribution in [2.24, 2.45) is 0 Å². The van der Waals surface area contributed by atoms with Gasteiger partial charge in [-0.05, 0) is 73.7 Å². The second kappa shape index (κ2) is 85.4. The van der Waals surface area contributed by atoms with E-state index in [1.54, 1.807) is 131 Å². The van der Waals surface area contributed by atoms with Gasteiger partial charge in [-0.25, -0.2) is 29.9 Å². The minimum atomic E-state index is -1.30. The highest BCUT2D eigenvalue weighted by Crippen LogP contribution is 2.34. The summed E-state index contributed by atoms with van der Waals surface area (Å²) in [5.74, 6) is 8.83. The fourth-order valence-corrected chi connectivity index (χ4v) is 164. The van der Waals surface area contributed by atoms with E-state index in [-0.39, 0.29) is 27.3 Å². The molecule has 0 radical (unpaired) electrons. The summed E-state index contributed by atoms with van der Waals surface area (Å²) in [6, 6.07) is 14.0. The van der Waals surface area contributed by atoms with Crippen LogP contribution in [0.25, 0.3) is 0 Å². The highest BCUT2D eigenvalue weighted by Gasteiger charge is 2.41. The number of hydrogen-bond acceptors (Lipinski definition) is 12. The number of piperazine rings is 2. The number of halogens is 2. The molecular weight excluding hydrogens is 2660 g/mol. The molecule has 4 aliphatic heterocycles. The molecule has 4 aromatic rings. The van der Waals surface area contributed by atoms with E-state index in [0.29, 0.717) is 29.5 Å². The average molecular weight is 2720 g/mol. The third-order valence-electron chi connectivity index (χ3n) is 10.5. The molecule has 0 aliphatic carbocycles. The zero-order chi connectivity index (χ0) is 77.9. The highest BCUT2D eigenvalue weighted by atomic mass is 35.5. The molecule has 0 saturated carbocycles. The summed E-state index contributed by atoms with van der Waals surface area (Å²) in [4.78, 5) is 32.4. The average Bonchev–Trinajstić information content (AvgIpc) is 1.66. The first kappa shape index (κ1) is 118. The Kier molecular flexibility index (Phi) is 89.3. The normalized spacial score (nSPS) is 13.8. The molecule has 4 unspecified atom stereocenters. The maximum atomic E-state index is 5.39. The number of hydrogen-bond donors (Lipinski definition) is 1. The van der Waals surface area contributed by atoms with Crippen LogP contribution in [0.5, 0.6) is 0 Å².